The van der Waals surface area contributed by atoms with Crippen molar-refractivity contribution in [2.24, 2.45) is 5.41 Å². The van der Waals surface area contributed by atoms with E-state index < -0.39 is 0 Å². The molecule has 2 aromatic heterocycles. The largest absolute Gasteiger partial charge is 0.354 e. The molecule has 9 heteroatoms. The van der Waals surface area contributed by atoms with E-state index in [4.69, 9.17) is 0 Å². The Bertz CT molecular complexity index is 801. The van der Waals surface area contributed by atoms with Gasteiger partial charge in [-0.1, -0.05) is 0 Å². The average molecular weight is 388 g/mol. The quantitative estimate of drug-likeness (QED) is 0.860. The topological polar surface area (TPSA) is 79.2 Å². The van der Waals surface area contributed by atoms with Crippen LogP contribution >= 0.6 is 11.3 Å². The van der Waals surface area contributed by atoms with E-state index in [1.807, 2.05) is 21.2 Å². The zero-order valence-corrected chi connectivity index (χ0v) is 16.4. The van der Waals surface area contributed by atoms with E-state index in [0.717, 1.165) is 57.9 Å². The van der Waals surface area contributed by atoms with Crippen LogP contribution in [0.15, 0.2) is 11.6 Å². The standard InChI is InChI=1S/C18H25N7OS/c1-23(12-14-19-6-10-27-14)13-11-18(13)3-8-24(9-4-18)16(26)15-21-17-20-5-2-7-25(17)22-15/h6,10,13H,2-5,7-9,11-12H2,1H3,(H,20,21,22). The lowest BCUT2D eigenvalue weighted by Crippen LogP contribution is -2.41. The lowest BCUT2D eigenvalue weighted by atomic mass is 9.92. The zero-order chi connectivity index (χ0) is 18.4. The first-order valence-electron chi connectivity index (χ1n) is 9.71. The third-order valence-electron chi connectivity index (χ3n) is 6.29. The predicted octanol–water partition coefficient (Wildman–Crippen LogP) is 1.68. The maximum Gasteiger partial charge on any atom is 0.293 e. The molecule has 1 saturated carbocycles. The highest BCUT2D eigenvalue weighted by Gasteiger charge is 2.57. The van der Waals surface area contributed by atoms with Gasteiger partial charge in [-0.3, -0.25) is 9.69 Å². The fraction of sp³-hybridized carbons (Fsp3) is 0.667. The van der Waals surface area contributed by atoms with Gasteiger partial charge >= 0.3 is 0 Å². The molecule has 1 amide bonds. The SMILES string of the molecule is CN(Cc1nccs1)C1CC12CCN(C(=O)c1nc3n(n1)CCCN3)CC2. The van der Waals surface area contributed by atoms with Crippen molar-refractivity contribution in [3.63, 3.8) is 0 Å². The van der Waals surface area contributed by atoms with E-state index >= 15 is 0 Å². The number of aromatic nitrogens is 4. The number of aryl methyl sites for hydroxylation is 1. The first-order chi connectivity index (χ1) is 13.1. The second-order valence-electron chi connectivity index (χ2n) is 7.98. The van der Waals surface area contributed by atoms with Crippen LogP contribution in [0.2, 0.25) is 0 Å². The lowest BCUT2D eigenvalue weighted by molar-refractivity contribution is 0.0645. The summed E-state index contributed by atoms with van der Waals surface area (Å²) in [6.45, 7) is 4.26. The number of nitrogens with one attached hydrogen (secondary N) is 1. The molecule has 1 aliphatic carbocycles. The second-order valence-corrected chi connectivity index (χ2v) is 8.96. The van der Waals surface area contributed by atoms with Gasteiger partial charge in [-0.2, -0.15) is 4.98 Å². The molecule has 1 N–H and O–H groups in total. The summed E-state index contributed by atoms with van der Waals surface area (Å²) in [7, 11) is 2.20. The number of rotatable bonds is 4. The molecule has 144 valence electrons. The molecular formula is C18H25N7OS. The van der Waals surface area contributed by atoms with Crippen molar-refractivity contribution in [1.29, 1.82) is 0 Å². The molecule has 1 spiro atoms. The average Bonchev–Trinajstić information content (AvgIpc) is 3.05. The van der Waals surface area contributed by atoms with Gasteiger partial charge in [0.2, 0.25) is 11.8 Å². The number of fused-ring (bicyclic) bond motifs is 1. The van der Waals surface area contributed by atoms with Gasteiger partial charge in [-0.15, -0.1) is 16.4 Å². The molecule has 1 saturated heterocycles. The van der Waals surface area contributed by atoms with Crippen molar-refractivity contribution in [2.75, 3.05) is 32.0 Å². The van der Waals surface area contributed by atoms with Crippen molar-refractivity contribution in [2.45, 2.75) is 44.8 Å². The Balaban J connectivity index is 1.18. The Morgan fingerprint density at radius 1 is 1.41 bits per heavy atom. The van der Waals surface area contributed by atoms with Crippen LogP contribution in [0.3, 0.4) is 0 Å². The smallest absolute Gasteiger partial charge is 0.293 e. The Morgan fingerprint density at radius 2 is 2.26 bits per heavy atom. The minimum absolute atomic E-state index is 0.0260. The molecular weight excluding hydrogens is 362 g/mol. The van der Waals surface area contributed by atoms with E-state index in [1.165, 1.54) is 11.4 Å². The highest BCUT2D eigenvalue weighted by Crippen LogP contribution is 2.56. The van der Waals surface area contributed by atoms with Crippen LogP contribution in [-0.4, -0.2) is 68.2 Å². The fourth-order valence-corrected chi connectivity index (χ4v) is 5.27. The van der Waals surface area contributed by atoms with Crippen molar-refractivity contribution < 1.29 is 4.79 Å². The number of thiazole rings is 1. The lowest BCUT2D eigenvalue weighted by Gasteiger charge is -2.33. The van der Waals surface area contributed by atoms with Gasteiger partial charge in [-0.25, -0.2) is 9.67 Å². The summed E-state index contributed by atoms with van der Waals surface area (Å²) in [5.41, 5.74) is 0.380. The molecule has 2 aromatic rings. The number of hydrogen-bond acceptors (Lipinski definition) is 7. The third kappa shape index (κ3) is 3.12. The van der Waals surface area contributed by atoms with Crippen molar-refractivity contribution in [3.8, 4) is 0 Å². The normalized spacial score (nSPS) is 23.3. The number of carbonyl (C=O) groups is 1. The van der Waals surface area contributed by atoms with Gasteiger partial charge in [0.1, 0.15) is 5.01 Å². The van der Waals surface area contributed by atoms with Crippen LogP contribution in [0.4, 0.5) is 5.95 Å². The van der Waals surface area contributed by atoms with E-state index in [0.29, 0.717) is 17.3 Å². The van der Waals surface area contributed by atoms with Crippen LogP contribution in [0.25, 0.3) is 0 Å². The number of anilines is 1. The molecule has 3 aliphatic rings. The van der Waals surface area contributed by atoms with Crippen LogP contribution in [-0.2, 0) is 13.1 Å². The Labute approximate surface area is 162 Å². The van der Waals surface area contributed by atoms with Gasteiger partial charge in [0.15, 0.2) is 0 Å². The van der Waals surface area contributed by atoms with E-state index in [2.05, 4.69) is 32.3 Å². The number of piperidine rings is 1. The van der Waals surface area contributed by atoms with E-state index in [9.17, 15) is 4.79 Å². The summed E-state index contributed by atoms with van der Waals surface area (Å²) < 4.78 is 1.81. The Morgan fingerprint density at radius 3 is 3.00 bits per heavy atom. The molecule has 1 atom stereocenters. The Kier molecular flexibility index (Phi) is 4.16. The van der Waals surface area contributed by atoms with Gasteiger partial charge < -0.3 is 10.2 Å². The summed E-state index contributed by atoms with van der Waals surface area (Å²) in [4.78, 5) is 26.0. The van der Waals surface area contributed by atoms with Crippen molar-refractivity contribution in [3.05, 3.63) is 22.4 Å². The number of hydrogen-bond donors (Lipinski definition) is 1. The molecule has 0 aromatic carbocycles. The second kappa shape index (κ2) is 6.56. The third-order valence-corrected chi connectivity index (χ3v) is 7.05. The highest BCUT2D eigenvalue weighted by atomic mass is 32.1. The maximum absolute atomic E-state index is 12.8. The molecule has 8 nitrogen and oxygen atoms in total. The van der Waals surface area contributed by atoms with Crippen LogP contribution in [0.1, 0.15) is 41.3 Å². The van der Waals surface area contributed by atoms with Gasteiger partial charge in [0, 0.05) is 43.8 Å². The number of nitrogens with zero attached hydrogens (tertiary/aromatic N) is 6. The number of amides is 1. The first kappa shape index (κ1) is 17.1. The fourth-order valence-electron chi connectivity index (χ4n) is 4.59. The van der Waals surface area contributed by atoms with Crippen LogP contribution in [0, 0.1) is 5.41 Å². The van der Waals surface area contributed by atoms with Crippen molar-refractivity contribution >= 4 is 23.2 Å². The molecule has 2 fully saturated rings. The number of carbonyl (C=O) groups excluding carboxylic acids is 1. The van der Waals surface area contributed by atoms with Gasteiger partial charge in [0.05, 0.1) is 6.54 Å². The highest BCUT2D eigenvalue weighted by molar-refractivity contribution is 7.09. The summed E-state index contributed by atoms with van der Waals surface area (Å²) in [6, 6.07) is 0.612. The molecule has 2 aliphatic heterocycles. The molecule has 5 rings (SSSR count). The number of likely N-dealkylation sites (tertiary alicyclic amines) is 1. The van der Waals surface area contributed by atoms with Gasteiger partial charge in [0.25, 0.3) is 5.91 Å². The minimum atomic E-state index is -0.0260. The summed E-state index contributed by atoms with van der Waals surface area (Å²) in [5, 5.41) is 10.8. The molecule has 1 unspecified atom stereocenters. The van der Waals surface area contributed by atoms with Crippen LogP contribution in [0.5, 0.6) is 0 Å². The molecule has 27 heavy (non-hydrogen) atoms. The summed E-state index contributed by atoms with van der Waals surface area (Å²) in [5.74, 6) is 1.04. The Hall–Kier alpha value is -2.00. The molecule has 0 radical (unpaired) electrons. The van der Waals surface area contributed by atoms with Crippen molar-refractivity contribution in [1.82, 2.24) is 29.5 Å². The predicted molar refractivity (Wildman–Crippen MR) is 103 cm³/mol. The zero-order valence-electron chi connectivity index (χ0n) is 15.6. The maximum atomic E-state index is 12.8. The summed E-state index contributed by atoms with van der Waals surface area (Å²) >= 11 is 1.72. The first-order valence-corrected chi connectivity index (χ1v) is 10.6. The van der Waals surface area contributed by atoms with E-state index in [1.54, 1.807) is 11.3 Å². The summed E-state index contributed by atoms with van der Waals surface area (Å²) in [6.07, 6.45) is 6.26. The molecule has 4 heterocycles. The van der Waals surface area contributed by atoms with Gasteiger partial charge in [-0.05, 0) is 38.1 Å². The minimum Gasteiger partial charge on any atom is -0.354 e. The van der Waals surface area contributed by atoms with E-state index in [-0.39, 0.29) is 5.91 Å². The monoisotopic (exact) mass is 387 g/mol. The molecule has 0 bridgehead atoms. The van der Waals surface area contributed by atoms with Crippen LogP contribution < -0.4 is 5.32 Å².